The number of hydrogen-bond acceptors (Lipinski definition) is 1. The Morgan fingerprint density at radius 2 is 2.07 bits per heavy atom. The maximum absolute atomic E-state index is 10.0. The molecule has 1 saturated carbocycles. The van der Waals surface area contributed by atoms with E-state index in [0.29, 0.717) is 11.3 Å². The van der Waals surface area contributed by atoms with Crippen molar-refractivity contribution in [3.63, 3.8) is 0 Å². The minimum atomic E-state index is -0.0600. The first-order chi connectivity index (χ1) is 6.98. The molecule has 0 aromatic heterocycles. The van der Waals surface area contributed by atoms with E-state index in [0.717, 1.165) is 12.3 Å². The van der Waals surface area contributed by atoms with E-state index in [1.54, 1.807) is 5.57 Å². The van der Waals surface area contributed by atoms with Crippen molar-refractivity contribution in [3.05, 3.63) is 11.6 Å². The highest BCUT2D eigenvalue weighted by molar-refractivity contribution is 5.16. The van der Waals surface area contributed by atoms with Crippen molar-refractivity contribution < 1.29 is 5.11 Å². The molecule has 1 fully saturated rings. The Morgan fingerprint density at radius 1 is 1.33 bits per heavy atom. The summed E-state index contributed by atoms with van der Waals surface area (Å²) in [6.45, 7) is 6.98. The molecular weight excluding hydrogens is 184 g/mol. The third-order valence-corrected chi connectivity index (χ3v) is 4.33. The first-order valence-corrected chi connectivity index (χ1v) is 6.35. The van der Waals surface area contributed by atoms with Crippen LogP contribution in [0.15, 0.2) is 11.6 Å². The minimum Gasteiger partial charge on any atom is -0.393 e. The van der Waals surface area contributed by atoms with Crippen molar-refractivity contribution in [2.75, 3.05) is 0 Å². The molecule has 0 bridgehead atoms. The van der Waals surface area contributed by atoms with Gasteiger partial charge in [0.2, 0.25) is 0 Å². The molecule has 0 heterocycles. The van der Waals surface area contributed by atoms with Gasteiger partial charge >= 0.3 is 0 Å². The maximum Gasteiger partial charge on any atom is 0.0605 e. The molecule has 0 spiro atoms. The zero-order chi connectivity index (χ0) is 11.1. The summed E-state index contributed by atoms with van der Waals surface area (Å²) in [7, 11) is 0. The topological polar surface area (TPSA) is 20.2 Å². The van der Waals surface area contributed by atoms with Crippen LogP contribution in [0.2, 0.25) is 0 Å². The number of hydrogen-bond donors (Lipinski definition) is 1. The number of aliphatic hydroxyl groups excluding tert-OH is 1. The quantitative estimate of drug-likeness (QED) is 0.604. The molecule has 0 amide bonds. The third-order valence-electron chi connectivity index (χ3n) is 4.33. The van der Waals surface area contributed by atoms with Crippen LogP contribution in [-0.2, 0) is 0 Å². The monoisotopic (exact) mass is 208 g/mol. The first-order valence-electron chi connectivity index (χ1n) is 6.35. The fourth-order valence-corrected chi connectivity index (χ4v) is 3.11. The average molecular weight is 208 g/mol. The van der Waals surface area contributed by atoms with Gasteiger partial charge in [-0.15, -0.1) is 0 Å². The van der Waals surface area contributed by atoms with Crippen molar-refractivity contribution in [1.82, 2.24) is 0 Å². The molecule has 0 aliphatic heterocycles. The van der Waals surface area contributed by atoms with Crippen LogP contribution in [-0.4, -0.2) is 11.2 Å². The molecular formula is C14H24O. The van der Waals surface area contributed by atoms with Crippen molar-refractivity contribution >= 4 is 0 Å². The van der Waals surface area contributed by atoms with Gasteiger partial charge in [-0.25, -0.2) is 0 Å². The van der Waals surface area contributed by atoms with Gasteiger partial charge < -0.3 is 5.11 Å². The molecule has 0 unspecified atom stereocenters. The summed E-state index contributed by atoms with van der Waals surface area (Å²) in [5, 5.41) is 10.0. The van der Waals surface area contributed by atoms with E-state index in [1.807, 2.05) is 0 Å². The first kappa shape index (κ1) is 11.2. The summed E-state index contributed by atoms with van der Waals surface area (Å²) in [6, 6.07) is 0. The number of rotatable bonds is 0. The summed E-state index contributed by atoms with van der Waals surface area (Å²) in [4.78, 5) is 0. The molecule has 0 saturated heterocycles. The lowest BCUT2D eigenvalue weighted by Crippen LogP contribution is -2.34. The molecule has 1 N–H and O–H groups in total. The molecule has 2 aliphatic rings. The fraction of sp³-hybridized carbons (Fsp3) is 0.857. The van der Waals surface area contributed by atoms with Gasteiger partial charge in [0.1, 0.15) is 0 Å². The minimum absolute atomic E-state index is 0.0600. The van der Waals surface area contributed by atoms with Gasteiger partial charge in [-0.1, -0.05) is 32.4 Å². The van der Waals surface area contributed by atoms with Gasteiger partial charge in [-0.2, -0.15) is 0 Å². The molecule has 3 atom stereocenters. The zero-order valence-corrected chi connectivity index (χ0v) is 10.3. The second-order valence-corrected chi connectivity index (χ2v) is 6.38. The second-order valence-electron chi connectivity index (χ2n) is 6.38. The van der Waals surface area contributed by atoms with Crippen LogP contribution in [0, 0.1) is 17.3 Å². The van der Waals surface area contributed by atoms with Crippen LogP contribution in [0.1, 0.15) is 52.9 Å². The summed E-state index contributed by atoms with van der Waals surface area (Å²) in [5.74, 6) is 1.23. The van der Waals surface area contributed by atoms with E-state index in [-0.39, 0.29) is 6.10 Å². The average Bonchev–Trinajstić information content (AvgIpc) is 2.16. The van der Waals surface area contributed by atoms with Crippen LogP contribution in [0.3, 0.4) is 0 Å². The lowest BCUT2D eigenvalue weighted by Gasteiger charge is -2.41. The van der Waals surface area contributed by atoms with Gasteiger partial charge in [0.15, 0.2) is 0 Å². The summed E-state index contributed by atoms with van der Waals surface area (Å²) in [6.07, 6.45) is 8.22. The second kappa shape index (κ2) is 3.93. The Hall–Kier alpha value is -0.300. The molecule has 2 rings (SSSR count). The summed E-state index contributed by atoms with van der Waals surface area (Å²) < 4.78 is 0. The highest BCUT2D eigenvalue weighted by Crippen LogP contribution is 2.44. The lowest BCUT2D eigenvalue weighted by atomic mass is 9.65. The molecule has 1 heteroatoms. The van der Waals surface area contributed by atoms with Crippen molar-refractivity contribution in [1.29, 1.82) is 0 Å². The summed E-state index contributed by atoms with van der Waals surface area (Å²) >= 11 is 0. The van der Waals surface area contributed by atoms with Gasteiger partial charge in [-0.05, 0) is 43.4 Å². The standard InChI is InChI=1S/C14H24O/c1-14(2,3)11-8-7-10-5-4-6-13(15)12(10)9-11/h7,11-13,15H,4-6,8-9H2,1-3H3/t11-,12+,13-/m1/s1. The van der Waals surface area contributed by atoms with Crippen LogP contribution >= 0.6 is 0 Å². The zero-order valence-electron chi connectivity index (χ0n) is 10.3. The van der Waals surface area contributed by atoms with Crippen LogP contribution in [0.25, 0.3) is 0 Å². The molecule has 0 radical (unpaired) electrons. The Kier molecular flexibility index (Phi) is 2.94. The fourth-order valence-electron chi connectivity index (χ4n) is 3.11. The third kappa shape index (κ3) is 2.28. The molecule has 86 valence electrons. The molecule has 15 heavy (non-hydrogen) atoms. The normalized spacial score (nSPS) is 37.1. The predicted molar refractivity (Wildman–Crippen MR) is 63.6 cm³/mol. The largest absolute Gasteiger partial charge is 0.393 e. The molecule has 2 aliphatic carbocycles. The van der Waals surface area contributed by atoms with Crippen LogP contribution < -0.4 is 0 Å². The van der Waals surface area contributed by atoms with Crippen LogP contribution in [0.5, 0.6) is 0 Å². The van der Waals surface area contributed by atoms with E-state index in [9.17, 15) is 5.11 Å². The highest BCUT2D eigenvalue weighted by Gasteiger charge is 2.36. The van der Waals surface area contributed by atoms with Gasteiger partial charge in [0.25, 0.3) is 0 Å². The SMILES string of the molecule is CC(C)(C)[C@@H]1CC=C2CCC[C@@H](O)[C@H]2C1. The van der Waals surface area contributed by atoms with Gasteiger partial charge in [-0.3, -0.25) is 0 Å². The number of aliphatic hydroxyl groups is 1. The van der Waals surface area contributed by atoms with Crippen LogP contribution in [0.4, 0.5) is 0 Å². The van der Waals surface area contributed by atoms with Crippen molar-refractivity contribution in [2.45, 2.75) is 59.0 Å². The molecule has 0 aromatic carbocycles. The van der Waals surface area contributed by atoms with Gasteiger partial charge in [0, 0.05) is 5.92 Å². The highest BCUT2D eigenvalue weighted by atomic mass is 16.3. The molecule has 1 nitrogen and oxygen atoms in total. The van der Waals surface area contributed by atoms with Crippen molar-refractivity contribution in [2.24, 2.45) is 17.3 Å². The van der Waals surface area contributed by atoms with E-state index in [1.165, 1.54) is 25.7 Å². The Morgan fingerprint density at radius 3 is 2.73 bits per heavy atom. The predicted octanol–water partition coefficient (Wildman–Crippen LogP) is 3.53. The maximum atomic E-state index is 10.0. The van der Waals surface area contributed by atoms with E-state index in [4.69, 9.17) is 0 Å². The summed E-state index contributed by atoms with van der Waals surface area (Å²) in [5.41, 5.74) is 1.94. The van der Waals surface area contributed by atoms with Gasteiger partial charge in [0.05, 0.1) is 6.10 Å². The van der Waals surface area contributed by atoms with Crippen molar-refractivity contribution in [3.8, 4) is 0 Å². The number of fused-ring (bicyclic) bond motifs is 1. The number of allylic oxidation sites excluding steroid dienone is 1. The lowest BCUT2D eigenvalue weighted by molar-refractivity contribution is 0.0624. The smallest absolute Gasteiger partial charge is 0.0605 e. The Bertz CT molecular complexity index is 259. The Labute approximate surface area is 93.6 Å². The van der Waals surface area contributed by atoms with E-state index < -0.39 is 0 Å². The Balaban J connectivity index is 2.12. The molecule has 0 aromatic rings. The van der Waals surface area contributed by atoms with E-state index in [2.05, 4.69) is 26.8 Å². The van der Waals surface area contributed by atoms with E-state index >= 15 is 0 Å².